The van der Waals surface area contributed by atoms with E-state index in [0.29, 0.717) is 6.42 Å². The molecule has 0 saturated heterocycles. The van der Waals surface area contributed by atoms with Crippen LogP contribution in [0.1, 0.15) is 53.9 Å². The molecule has 1 atom stereocenters. The molecule has 0 aromatic carbocycles. The SMILES string of the molecule is CC(C)=CCC/C(C)=C/C(=O)NC(CC(C)C)C(=O)O. The molecule has 0 aliphatic heterocycles. The Balaban J connectivity index is 4.43. The number of nitrogens with one attached hydrogen (secondary N) is 1. The van der Waals surface area contributed by atoms with E-state index >= 15 is 0 Å². The summed E-state index contributed by atoms with van der Waals surface area (Å²) in [6.45, 7) is 9.83. The first-order valence-electron chi connectivity index (χ1n) is 7.06. The van der Waals surface area contributed by atoms with Crippen molar-refractivity contribution in [2.45, 2.75) is 59.9 Å². The molecule has 0 aromatic rings. The van der Waals surface area contributed by atoms with E-state index in [9.17, 15) is 9.59 Å². The summed E-state index contributed by atoms with van der Waals surface area (Å²) in [5.41, 5.74) is 2.21. The maximum absolute atomic E-state index is 11.8. The van der Waals surface area contributed by atoms with Crippen LogP contribution in [-0.2, 0) is 9.59 Å². The van der Waals surface area contributed by atoms with Crippen molar-refractivity contribution in [3.05, 3.63) is 23.3 Å². The number of hydrogen-bond acceptors (Lipinski definition) is 2. The van der Waals surface area contributed by atoms with Crippen LogP contribution in [0.25, 0.3) is 0 Å². The molecule has 114 valence electrons. The van der Waals surface area contributed by atoms with E-state index in [1.165, 1.54) is 11.6 Å². The molecule has 0 heterocycles. The first-order chi connectivity index (χ1) is 9.22. The minimum atomic E-state index is -0.984. The van der Waals surface area contributed by atoms with Gasteiger partial charge in [0, 0.05) is 6.08 Å². The van der Waals surface area contributed by atoms with E-state index in [0.717, 1.165) is 18.4 Å². The Morgan fingerprint density at radius 3 is 2.25 bits per heavy atom. The predicted octanol–water partition coefficient (Wildman–Crippen LogP) is 3.29. The molecular weight excluding hydrogens is 254 g/mol. The van der Waals surface area contributed by atoms with Crippen LogP contribution in [0.5, 0.6) is 0 Å². The summed E-state index contributed by atoms with van der Waals surface area (Å²) in [5, 5.41) is 11.6. The summed E-state index contributed by atoms with van der Waals surface area (Å²) in [5.74, 6) is -1.09. The number of aliphatic carboxylic acids is 1. The number of carboxylic acids is 1. The lowest BCUT2D eigenvalue weighted by Crippen LogP contribution is -2.40. The fourth-order valence-electron chi connectivity index (χ4n) is 1.79. The number of hydrogen-bond donors (Lipinski definition) is 2. The highest BCUT2D eigenvalue weighted by atomic mass is 16.4. The van der Waals surface area contributed by atoms with Crippen molar-refractivity contribution in [2.75, 3.05) is 0 Å². The van der Waals surface area contributed by atoms with Crippen molar-refractivity contribution in [1.82, 2.24) is 5.32 Å². The van der Waals surface area contributed by atoms with Gasteiger partial charge in [-0.1, -0.05) is 31.1 Å². The first kappa shape index (κ1) is 18.4. The standard InChI is InChI=1S/C16H27NO3/c1-11(2)7-6-8-13(5)10-15(18)17-14(16(19)20)9-12(3)4/h7,10,12,14H,6,8-9H2,1-5H3,(H,17,18)(H,19,20)/b13-10+. The van der Waals surface area contributed by atoms with Gasteiger partial charge < -0.3 is 10.4 Å². The van der Waals surface area contributed by atoms with Crippen molar-refractivity contribution >= 4 is 11.9 Å². The molecule has 20 heavy (non-hydrogen) atoms. The lowest BCUT2D eigenvalue weighted by atomic mass is 10.0. The fraction of sp³-hybridized carbons (Fsp3) is 0.625. The van der Waals surface area contributed by atoms with Gasteiger partial charge in [0.1, 0.15) is 6.04 Å². The van der Waals surface area contributed by atoms with E-state index in [-0.39, 0.29) is 11.8 Å². The molecule has 1 amide bonds. The van der Waals surface area contributed by atoms with E-state index in [4.69, 9.17) is 5.11 Å². The predicted molar refractivity (Wildman–Crippen MR) is 81.4 cm³/mol. The van der Waals surface area contributed by atoms with Crippen molar-refractivity contribution in [3.8, 4) is 0 Å². The van der Waals surface area contributed by atoms with Crippen LogP contribution in [0.2, 0.25) is 0 Å². The number of carboxylic acid groups (broad SMARTS) is 1. The minimum Gasteiger partial charge on any atom is -0.480 e. The summed E-state index contributed by atoms with van der Waals surface area (Å²) in [6, 6.07) is -0.815. The largest absolute Gasteiger partial charge is 0.480 e. The third-order valence-electron chi connectivity index (χ3n) is 2.79. The Kier molecular flexibility index (Phi) is 8.61. The zero-order chi connectivity index (χ0) is 15.7. The van der Waals surface area contributed by atoms with Crippen LogP contribution < -0.4 is 5.32 Å². The van der Waals surface area contributed by atoms with Gasteiger partial charge in [-0.05, 0) is 46.0 Å². The van der Waals surface area contributed by atoms with E-state index in [2.05, 4.69) is 11.4 Å². The van der Waals surface area contributed by atoms with Gasteiger partial charge in [-0.2, -0.15) is 0 Å². The zero-order valence-electron chi connectivity index (χ0n) is 13.2. The van der Waals surface area contributed by atoms with E-state index < -0.39 is 12.0 Å². The molecular formula is C16H27NO3. The molecule has 0 saturated carbocycles. The van der Waals surface area contributed by atoms with Crippen LogP contribution in [-0.4, -0.2) is 23.0 Å². The van der Waals surface area contributed by atoms with Gasteiger partial charge in [-0.15, -0.1) is 0 Å². The Morgan fingerprint density at radius 1 is 1.20 bits per heavy atom. The summed E-state index contributed by atoms with van der Waals surface area (Å²) >= 11 is 0. The van der Waals surface area contributed by atoms with Gasteiger partial charge in [-0.3, -0.25) is 4.79 Å². The molecule has 4 nitrogen and oxygen atoms in total. The molecule has 0 aliphatic rings. The summed E-state index contributed by atoms with van der Waals surface area (Å²) in [6.07, 6.45) is 5.75. The van der Waals surface area contributed by atoms with Gasteiger partial charge in [0.25, 0.3) is 0 Å². The fourth-order valence-corrected chi connectivity index (χ4v) is 1.79. The van der Waals surface area contributed by atoms with E-state index in [1.54, 1.807) is 0 Å². The quantitative estimate of drug-likeness (QED) is 0.530. The second kappa shape index (κ2) is 9.34. The lowest BCUT2D eigenvalue weighted by molar-refractivity contribution is -0.141. The molecule has 0 aliphatic carbocycles. The third-order valence-corrected chi connectivity index (χ3v) is 2.79. The number of amides is 1. The minimum absolute atomic E-state index is 0.221. The summed E-state index contributed by atoms with van der Waals surface area (Å²) in [4.78, 5) is 22.8. The number of rotatable bonds is 8. The number of carbonyl (C=O) groups is 2. The number of carbonyl (C=O) groups excluding carboxylic acids is 1. The molecule has 1 unspecified atom stereocenters. The zero-order valence-corrected chi connectivity index (χ0v) is 13.2. The molecule has 4 heteroatoms. The van der Waals surface area contributed by atoms with Gasteiger partial charge in [0.2, 0.25) is 5.91 Å². The Hall–Kier alpha value is -1.58. The second-order valence-corrected chi connectivity index (χ2v) is 5.84. The smallest absolute Gasteiger partial charge is 0.326 e. The molecule has 0 aromatic heterocycles. The van der Waals surface area contributed by atoms with Gasteiger partial charge in [0.05, 0.1) is 0 Å². The van der Waals surface area contributed by atoms with Crippen LogP contribution in [0, 0.1) is 5.92 Å². The average Bonchev–Trinajstić information content (AvgIpc) is 2.26. The third kappa shape index (κ3) is 9.36. The van der Waals surface area contributed by atoms with Crippen molar-refractivity contribution < 1.29 is 14.7 Å². The van der Waals surface area contributed by atoms with Crippen LogP contribution in [0.15, 0.2) is 23.3 Å². The first-order valence-corrected chi connectivity index (χ1v) is 7.06. The Labute approximate surface area is 122 Å². The molecule has 0 bridgehead atoms. The highest BCUT2D eigenvalue weighted by Gasteiger charge is 2.20. The van der Waals surface area contributed by atoms with Gasteiger partial charge in [0.15, 0.2) is 0 Å². The van der Waals surface area contributed by atoms with Crippen molar-refractivity contribution in [1.29, 1.82) is 0 Å². The summed E-state index contributed by atoms with van der Waals surface area (Å²) < 4.78 is 0. The highest BCUT2D eigenvalue weighted by Crippen LogP contribution is 2.08. The number of allylic oxidation sites excluding steroid dienone is 3. The van der Waals surface area contributed by atoms with Gasteiger partial charge >= 0.3 is 5.97 Å². The molecule has 0 radical (unpaired) electrons. The van der Waals surface area contributed by atoms with Gasteiger partial charge in [-0.25, -0.2) is 4.79 Å². The van der Waals surface area contributed by atoms with E-state index in [1.807, 2.05) is 34.6 Å². The molecule has 2 N–H and O–H groups in total. The van der Waals surface area contributed by atoms with Crippen LogP contribution in [0.4, 0.5) is 0 Å². The molecule has 0 fully saturated rings. The van der Waals surface area contributed by atoms with Crippen LogP contribution in [0.3, 0.4) is 0 Å². The monoisotopic (exact) mass is 281 g/mol. The highest BCUT2D eigenvalue weighted by molar-refractivity contribution is 5.91. The Bertz CT molecular complexity index is 391. The summed E-state index contributed by atoms with van der Waals surface area (Å²) in [7, 11) is 0. The maximum Gasteiger partial charge on any atom is 0.326 e. The topological polar surface area (TPSA) is 66.4 Å². The van der Waals surface area contributed by atoms with Crippen molar-refractivity contribution in [3.63, 3.8) is 0 Å². The van der Waals surface area contributed by atoms with Crippen LogP contribution >= 0.6 is 0 Å². The normalized spacial score (nSPS) is 13.0. The lowest BCUT2D eigenvalue weighted by Gasteiger charge is -2.15. The molecule has 0 spiro atoms. The molecule has 0 rings (SSSR count). The second-order valence-electron chi connectivity index (χ2n) is 5.84. The maximum atomic E-state index is 11.8. The average molecular weight is 281 g/mol. The Morgan fingerprint density at radius 2 is 1.80 bits per heavy atom. The van der Waals surface area contributed by atoms with Crippen molar-refractivity contribution in [2.24, 2.45) is 5.92 Å².